The van der Waals surface area contributed by atoms with Gasteiger partial charge in [-0.2, -0.15) is 16.8 Å². The van der Waals surface area contributed by atoms with Gasteiger partial charge in [-0.1, -0.05) is 23.7 Å². The molecule has 2 aliphatic heterocycles. The number of nitrogens with one attached hydrogen (secondary N) is 1. The van der Waals surface area contributed by atoms with Crippen LogP contribution in [-0.4, -0.2) is 107 Å². The number of halogens is 1. The zero-order valence-corrected chi connectivity index (χ0v) is 28.8. The molecule has 0 spiro atoms. The van der Waals surface area contributed by atoms with Crippen molar-refractivity contribution in [1.29, 1.82) is 0 Å². The molecule has 1 unspecified atom stereocenters. The number of aryl methyl sites for hydroxylation is 1. The largest absolute Gasteiger partial charge is 0.465 e. The van der Waals surface area contributed by atoms with Crippen molar-refractivity contribution in [3.63, 3.8) is 0 Å². The van der Waals surface area contributed by atoms with Gasteiger partial charge >= 0.3 is 11.7 Å². The van der Waals surface area contributed by atoms with E-state index >= 15 is 0 Å². The number of hydrogen-bond donors (Lipinski definition) is 2. The van der Waals surface area contributed by atoms with Crippen molar-refractivity contribution in [2.75, 3.05) is 38.9 Å². The molecule has 2 aliphatic rings. The average molecular weight is 741 g/mol. The van der Waals surface area contributed by atoms with E-state index in [-0.39, 0.29) is 25.2 Å². The van der Waals surface area contributed by atoms with Crippen LogP contribution in [0, 0.1) is 12.8 Å². The van der Waals surface area contributed by atoms with Crippen molar-refractivity contribution in [1.82, 2.24) is 9.55 Å². The van der Waals surface area contributed by atoms with Crippen molar-refractivity contribution in [3.8, 4) is 0 Å². The number of hydrogen-bond acceptors (Lipinski definition) is 15. The third kappa shape index (κ3) is 10.2. The van der Waals surface area contributed by atoms with Crippen molar-refractivity contribution >= 4 is 37.8 Å². The molecule has 6 atom stereocenters. The summed E-state index contributed by atoms with van der Waals surface area (Å²) in [6.07, 6.45) is -2.97. The molecular formula is C28H37ClN2O15S2. The minimum Gasteiger partial charge on any atom is -0.465 e. The zero-order chi connectivity index (χ0) is 35.4. The van der Waals surface area contributed by atoms with Gasteiger partial charge in [0.1, 0.15) is 43.9 Å². The Labute approximate surface area is 281 Å². The van der Waals surface area contributed by atoms with Gasteiger partial charge < -0.3 is 28.8 Å². The van der Waals surface area contributed by atoms with Crippen LogP contribution in [0.1, 0.15) is 30.7 Å². The predicted molar refractivity (Wildman–Crippen MR) is 166 cm³/mol. The van der Waals surface area contributed by atoms with E-state index in [0.717, 1.165) is 24.0 Å². The fraction of sp³-hybridized carbons (Fsp3) is 0.607. The number of rotatable bonds is 15. The van der Waals surface area contributed by atoms with Gasteiger partial charge in [0.15, 0.2) is 6.29 Å². The number of aliphatic hydroxyl groups excluding tert-OH is 1. The van der Waals surface area contributed by atoms with E-state index in [1.807, 2.05) is 0 Å². The standard InChI is InChI=1S/C28H37ClN2O15S2/c1-16-10-31(27(35)30-25(16)34)23-9-21(33)22(45-23)13-42-26-20(12-40-17(2)32)24(41-11-18-5-7-19(29)8-6-18)28(46-26,14-43-47(3,36)37)15-44-48(4,38)39/h5-8,10,20-24,26,33H,9,11-15H2,1-4H3,(H,30,34,35)/t20-,21+,22-,23-,24+,26?/m1/s1. The van der Waals surface area contributed by atoms with E-state index in [1.165, 1.54) is 13.1 Å². The first-order valence-electron chi connectivity index (χ1n) is 14.5. The molecule has 0 radical (unpaired) electrons. The lowest BCUT2D eigenvalue weighted by molar-refractivity contribution is -0.216. The van der Waals surface area contributed by atoms with Crippen molar-refractivity contribution in [2.45, 2.75) is 63.3 Å². The number of aromatic amines is 1. The van der Waals surface area contributed by atoms with Gasteiger partial charge in [-0.3, -0.25) is 27.5 Å². The highest BCUT2D eigenvalue weighted by Gasteiger charge is 2.58. The molecule has 1 aromatic carbocycles. The number of carbonyl (C=O) groups excluding carboxylic acids is 1. The number of aromatic nitrogens is 2. The van der Waals surface area contributed by atoms with Crippen LogP contribution in [0.15, 0.2) is 40.1 Å². The maximum absolute atomic E-state index is 12.4. The Morgan fingerprint density at radius 1 is 1.06 bits per heavy atom. The molecule has 268 valence electrons. The first-order valence-corrected chi connectivity index (χ1v) is 18.5. The quantitative estimate of drug-likeness (QED) is 0.181. The predicted octanol–water partition coefficient (Wildman–Crippen LogP) is -0.0244. The molecule has 0 saturated carbocycles. The lowest BCUT2D eigenvalue weighted by Crippen LogP contribution is -2.52. The molecule has 2 aromatic rings. The fourth-order valence-corrected chi connectivity index (χ4v) is 6.16. The SMILES string of the molecule is CC(=O)OC[C@H]1C(OC[C@H]2O[C@@H](n3cc(C)c(=O)[nH]c3=O)C[C@@H]2O)OC(COS(C)(=O)=O)(COS(C)(=O)=O)[C@H]1OCc1ccc(Cl)cc1. The van der Waals surface area contributed by atoms with Crippen LogP contribution in [0.5, 0.6) is 0 Å². The second-order valence-corrected chi connectivity index (χ2v) is 15.3. The first-order chi connectivity index (χ1) is 22.4. The van der Waals surface area contributed by atoms with Gasteiger partial charge in [0.2, 0.25) is 0 Å². The van der Waals surface area contributed by atoms with Crippen LogP contribution in [0.2, 0.25) is 5.02 Å². The molecule has 2 N–H and O–H groups in total. The summed E-state index contributed by atoms with van der Waals surface area (Å²) in [6, 6.07) is 6.56. The monoisotopic (exact) mass is 740 g/mol. The van der Waals surface area contributed by atoms with Crippen LogP contribution >= 0.6 is 11.6 Å². The lowest BCUT2D eigenvalue weighted by atomic mass is 9.91. The molecule has 0 aliphatic carbocycles. The number of carbonyl (C=O) groups is 1. The highest BCUT2D eigenvalue weighted by Crippen LogP contribution is 2.41. The summed E-state index contributed by atoms with van der Waals surface area (Å²) in [7, 11) is -8.24. The number of esters is 1. The Kier molecular flexibility index (Phi) is 12.3. The summed E-state index contributed by atoms with van der Waals surface area (Å²) >= 11 is 6.00. The van der Waals surface area contributed by atoms with Crippen molar-refractivity contribution < 1.29 is 58.8 Å². The molecule has 17 nitrogen and oxygen atoms in total. The third-order valence-electron chi connectivity index (χ3n) is 7.55. The van der Waals surface area contributed by atoms with E-state index in [9.17, 15) is 36.3 Å². The molecule has 0 amide bonds. The highest BCUT2D eigenvalue weighted by molar-refractivity contribution is 7.86. The molecule has 48 heavy (non-hydrogen) atoms. The fourth-order valence-electron chi connectivity index (χ4n) is 5.21. The van der Waals surface area contributed by atoms with Crippen molar-refractivity contribution in [2.24, 2.45) is 5.92 Å². The van der Waals surface area contributed by atoms with Crippen LogP contribution in [0.4, 0.5) is 0 Å². The first kappa shape index (κ1) is 38.1. The van der Waals surface area contributed by atoms with Crippen molar-refractivity contribution in [3.05, 3.63) is 67.4 Å². The van der Waals surface area contributed by atoms with E-state index in [0.29, 0.717) is 10.6 Å². The number of nitrogens with zero attached hydrogens (tertiary/aromatic N) is 1. The van der Waals surface area contributed by atoms with E-state index < -0.39 is 99.6 Å². The maximum atomic E-state index is 12.4. The molecular weight excluding hydrogens is 704 g/mol. The van der Waals surface area contributed by atoms with Crippen LogP contribution in [-0.2, 0) is 63.7 Å². The number of aliphatic hydroxyl groups is 1. The minimum atomic E-state index is -4.12. The van der Waals surface area contributed by atoms with E-state index in [1.54, 1.807) is 24.3 Å². The molecule has 2 saturated heterocycles. The normalized spacial score (nSPS) is 25.7. The number of ether oxygens (including phenoxy) is 5. The van der Waals surface area contributed by atoms with Crippen LogP contribution in [0.3, 0.4) is 0 Å². The topological polar surface area (TPSA) is 225 Å². The smallest absolute Gasteiger partial charge is 0.330 e. The number of H-pyrrole nitrogens is 1. The Morgan fingerprint density at radius 2 is 1.69 bits per heavy atom. The Morgan fingerprint density at radius 3 is 2.27 bits per heavy atom. The maximum Gasteiger partial charge on any atom is 0.330 e. The van der Waals surface area contributed by atoms with Gasteiger partial charge in [0.25, 0.3) is 25.8 Å². The average Bonchev–Trinajstić information content (AvgIpc) is 3.50. The third-order valence-corrected chi connectivity index (χ3v) is 8.89. The summed E-state index contributed by atoms with van der Waals surface area (Å²) in [6.45, 7) is 0.201. The summed E-state index contributed by atoms with van der Waals surface area (Å²) < 4.78 is 89.3. The van der Waals surface area contributed by atoms with Gasteiger partial charge in [0, 0.05) is 30.1 Å². The molecule has 2 fully saturated rings. The molecule has 0 bridgehead atoms. The zero-order valence-electron chi connectivity index (χ0n) is 26.4. The van der Waals surface area contributed by atoms with Gasteiger partial charge in [-0.15, -0.1) is 0 Å². The second-order valence-electron chi connectivity index (χ2n) is 11.6. The summed E-state index contributed by atoms with van der Waals surface area (Å²) in [5.74, 6) is -1.71. The molecule has 1 aromatic heterocycles. The highest BCUT2D eigenvalue weighted by atomic mass is 35.5. The summed E-state index contributed by atoms with van der Waals surface area (Å²) in [4.78, 5) is 38.3. The van der Waals surface area contributed by atoms with Crippen LogP contribution in [0.25, 0.3) is 0 Å². The van der Waals surface area contributed by atoms with Gasteiger partial charge in [-0.05, 0) is 24.6 Å². The van der Waals surface area contributed by atoms with Crippen LogP contribution < -0.4 is 11.2 Å². The Bertz CT molecular complexity index is 1740. The van der Waals surface area contributed by atoms with Gasteiger partial charge in [0.05, 0.1) is 37.7 Å². The second kappa shape index (κ2) is 15.4. The molecule has 20 heteroatoms. The Hall–Kier alpha value is -2.72. The van der Waals surface area contributed by atoms with E-state index in [4.69, 9.17) is 43.7 Å². The minimum absolute atomic E-state index is 0.0387. The molecule has 3 heterocycles. The summed E-state index contributed by atoms with van der Waals surface area (Å²) in [5.41, 5.74) is -2.41. The number of benzene rings is 1. The van der Waals surface area contributed by atoms with Gasteiger partial charge in [-0.25, -0.2) is 4.79 Å². The Balaban J connectivity index is 1.64. The molecule has 4 rings (SSSR count). The summed E-state index contributed by atoms with van der Waals surface area (Å²) in [5, 5.41) is 11.2. The lowest BCUT2D eigenvalue weighted by Gasteiger charge is -2.34. The van der Waals surface area contributed by atoms with E-state index in [2.05, 4.69) is 4.98 Å².